The quantitative estimate of drug-likeness (QED) is 0.490. The predicted molar refractivity (Wildman–Crippen MR) is 88.9 cm³/mol. The number of rotatable bonds is 9. The van der Waals surface area contributed by atoms with Crippen LogP contribution in [0.1, 0.15) is 37.5 Å². The molecule has 1 heterocycles. The van der Waals surface area contributed by atoms with Gasteiger partial charge in [0.2, 0.25) is 0 Å². The number of ether oxygens (including phenoxy) is 3. The molecule has 0 spiro atoms. The van der Waals surface area contributed by atoms with Crippen molar-refractivity contribution in [3.8, 4) is 5.75 Å². The van der Waals surface area contributed by atoms with Crippen LogP contribution in [0, 0.1) is 5.92 Å². The third kappa shape index (κ3) is 5.32. The molecule has 0 N–H and O–H groups in total. The second kappa shape index (κ2) is 9.44. The fourth-order valence-corrected chi connectivity index (χ4v) is 2.43. The van der Waals surface area contributed by atoms with Crippen molar-refractivity contribution in [2.24, 2.45) is 5.92 Å². The van der Waals surface area contributed by atoms with E-state index in [2.05, 4.69) is 13.2 Å². The van der Waals surface area contributed by atoms with Gasteiger partial charge in [-0.05, 0) is 37.8 Å². The minimum absolute atomic E-state index is 0.252. The Morgan fingerprint density at radius 3 is 2.36 bits per heavy atom. The van der Waals surface area contributed by atoms with Crippen molar-refractivity contribution in [3.63, 3.8) is 0 Å². The summed E-state index contributed by atoms with van der Waals surface area (Å²) in [5.41, 5.74) is 1.04. The number of unbranched alkanes of at least 4 members (excludes halogenated alkanes) is 1. The molecule has 0 saturated carbocycles. The first-order valence-corrected chi connectivity index (χ1v) is 8.01. The molecule has 0 radical (unpaired) electrons. The average Bonchev–Trinajstić information content (AvgIpc) is 2.57. The molecule has 1 aliphatic heterocycles. The van der Waals surface area contributed by atoms with E-state index in [0.29, 0.717) is 12.5 Å². The molecule has 0 aromatic heterocycles. The molecular formula is C19H26O3. The third-order valence-electron chi connectivity index (χ3n) is 3.73. The zero-order chi connectivity index (χ0) is 15.6. The highest BCUT2D eigenvalue weighted by atomic mass is 16.7. The second-order valence-electron chi connectivity index (χ2n) is 5.58. The molecule has 1 fully saturated rings. The van der Waals surface area contributed by atoms with Gasteiger partial charge < -0.3 is 14.2 Å². The highest BCUT2D eigenvalue weighted by Gasteiger charge is 2.23. The summed E-state index contributed by atoms with van der Waals surface area (Å²) in [5, 5.41) is 0. The zero-order valence-electron chi connectivity index (χ0n) is 13.2. The van der Waals surface area contributed by atoms with Crippen molar-refractivity contribution in [3.05, 3.63) is 55.1 Å². The highest BCUT2D eigenvalue weighted by molar-refractivity contribution is 5.28. The largest absolute Gasteiger partial charge is 0.493 e. The van der Waals surface area contributed by atoms with Crippen molar-refractivity contribution in [2.75, 3.05) is 19.8 Å². The van der Waals surface area contributed by atoms with Crippen LogP contribution in [0.4, 0.5) is 0 Å². The first kappa shape index (κ1) is 16.8. The van der Waals surface area contributed by atoms with Crippen molar-refractivity contribution in [1.29, 1.82) is 0 Å². The van der Waals surface area contributed by atoms with E-state index in [9.17, 15) is 0 Å². The summed E-state index contributed by atoms with van der Waals surface area (Å²) < 4.78 is 17.3. The molecule has 0 aliphatic carbocycles. The molecule has 0 amide bonds. The van der Waals surface area contributed by atoms with E-state index in [-0.39, 0.29) is 6.29 Å². The lowest BCUT2D eigenvalue weighted by molar-refractivity contribution is -0.206. The maximum absolute atomic E-state index is 5.84. The van der Waals surface area contributed by atoms with Crippen LogP contribution in [-0.4, -0.2) is 19.8 Å². The monoisotopic (exact) mass is 302 g/mol. The first-order valence-electron chi connectivity index (χ1n) is 8.01. The highest BCUT2D eigenvalue weighted by Crippen LogP contribution is 2.28. The Hall–Kier alpha value is -1.58. The van der Waals surface area contributed by atoms with E-state index in [1.807, 2.05) is 36.4 Å². The lowest BCUT2D eigenvalue weighted by Crippen LogP contribution is -2.27. The molecule has 0 atom stereocenters. The number of benzene rings is 1. The van der Waals surface area contributed by atoms with Crippen LogP contribution in [-0.2, 0) is 9.47 Å². The van der Waals surface area contributed by atoms with Crippen LogP contribution in [0.2, 0.25) is 0 Å². The van der Waals surface area contributed by atoms with Crippen molar-refractivity contribution in [2.45, 2.75) is 32.0 Å². The Bertz CT molecular complexity index is 444. The number of hydrogen-bond acceptors (Lipinski definition) is 3. The SMILES string of the molecule is C=CCCCC1COC(c2ccc(OCCC=C)cc2)OC1. The molecule has 1 aromatic rings. The number of allylic oxidation sites excluding steroid dienone is 1. The van der Waals surface area contributed by atoms with Crippen LogP contribution in [0.25, 0.3) is 0 Å². The molecule has 22 heavy (non-hydrogen) atoms. The molecular weight excluding hydrogens is 276 g/mol. The minimum atomic E-state index is -0.252. The Balaban J connectivity index is 1.76. The summed E-state index contributed by atoms with van der Waals surface area (Å²) in [4.78, 5) is 0. The molecule has 1 aromatic carbocycles. The van der Waals surface area contributed by atoms with Gasteiger partial charge in [-0.1, -0.05) is 24.3 Å². The minimum Gasteiger partial charge on any atom is -0.493 e. The van der Waals surface area contributed by atoms with E-state index in [0.717, 1.165) is 50.2 Å². The first-order chi connectivity index (χ1) is 10.8. The van der Waals surface area contributed by atoms with E-state index in [1.54, 1.807) is 0 Å². The van der Waals surface area contributed by atoms with Gasteiger partial charge >= 0.3 is 0 Å². The van der Waals surface area contributed by atoms with E-state index >= 15 is 0 Å². The van der Waals surface area contributed by atoms with E-state index in [1.165, 1.54) is 0 Å². The van der Waals surface area contributed by atoms with Crippen molar-refractivity contribution >= 4 is 0 Å². The smallest absolute Gasteiger partial charge is 0.183 e. The molecule has 120 valence electrons. The Labute approximate surface area is 133 Å². The van der Waals surface area contributed by atoms with Crippen LogP contribution >= 0.6 is 0 Å². The van der Waals surface area contributed by atoms with Gasteiger partial charge in [-0.3, -0.25) is 0 Å². The van der Waals surface area contributed by atoms with Crippen LogP contribution in [0.5, 0.6) is 5.75 Å². The maximum Gasteiger partial charge on any atom is 0.183 e. The number of hydrogen-bond donors (Lipinski definition) is 0. The Morgan fingerprint density at radius 2 is 1.73 bits per heavy atom. The van der Waals surface area contributed by atoms with Crippen LogP contribution < -0.4 is 4.74 Å². The van der Waals surface area contributed by atoms with Gasteiger partial charge in [0.15, 0.2) is 6.29 Å². The second-order valence-corrected chi connectivity index (χ2v) is 5.58. The van der Waals surface area contributed by atoms with Gasteiger partial charge in [-0.15, -0.1) is 13.2 Å². The summed E-state index contributed by atoms with van der Waals surface area (Å²) in [6.07, 6.45) is 7.77. The predicted octanol–water partition coefficient (Wildman–Crippen LogP) is 4.66. The third-order valence-corrected chi connectivity index (χ3v) is 3.73. The zero-order valence-corrected chi connectivity index (χ0v) is 13.2. The summed E-state index contributed by atoms with van der Waals surface area (Å²) in [5.74, 6) is 1.36. The molecule has 1 aliphatic rings. The normalized spacial score (nSPS) is 21.3. The van der Waals surface area contributed by atoms with Crippen molar-refractivity contribution in [1.82, 2.24) is 0 Å². The summed E-state index contributed by atoms with van der Waals surface area (Å²) in [6.45, 7) is 9.61. The van der Waals surface area contributed by atoms with Crippen LogP contribution in [0.3, 0.4) is 0 Å². The van der Waals surface area contributed by atoms with E-state index < -0.39 is 0 Å². The molecule has 3 nitrogen and oxygen atoms in total. The molecule has 0 bridgehead atoms. The summed E-state index contributed by atoms with van der Waals surface area (Å²) in [7, 11) is 0. The van der Waals surface area contributed by atoms with Crippen molar-refractivity contribution < 1.29 is 14.2 Å². The summed E-state index contributed by atoms with van der Waals surface area (Å²) >= 11 is 0. The lowest BCUT2D eigenvalue weighted by atomic mass is 10.0. The van der Waals surface area contributed by atoms with E-state index in [4.69, 9.17) is 14.2 Å². The van der Waals surface area contributed by atoms with Gasteiger partial charge in [-0.25, -0.2) is 0 Å². The van der Waals surface area contributed by atoms with Crippen LogP contribution in [0.15, 0.2) is 49.6 Å². The summed E-state index contributed by atoms with van der Waals surface area (Å²) in [6, 6.07) is 7.93. The molecule has 3 heteroatoms. The van der Waals surface area contributed by atoms with Gasteiger partial charge in [0.1, 0.15) is 5.75 Å². The fourth-order valence-electron chi connectivity index (χ4n) is 2.43. The van der Waals surface area contributed by atoms with Gasteiger partial charge in [0, 0.05) is 11.5 Å². The topological polar surface area (TPSA) is 27.7 Å². The van der Waals surface area contributed by atoms with Gasteiger partial charge in [0.05, 0.1) is 19.8 Å². The average molecular weight is 302 g/mol. The maximum atomic E-state index is 5.84. The standard InChI is InChI=1S/C19H26O3/c1-3-5-7-8-16-14-21-19(22-15-16)17-9-11-18(12-10-17)20-13-6-4-2/h3-4,9-12,16,19H,1-2,5-8,13-15H2. The Morgan fingerprint density at radius 1 is 1.05 bits per heavy atom. The molecule has 1 saturated heterocycles. The molecule has 2 rings (SSSR count). The fraction of sp³-hybridized carbons (Fsp3) is 0.474. The van der Waals surface area contributed by atoms with Gasteiger partial charge in [0.25, 0.3) is 0 Å². The molecule has 0 unspecified atom stereocenters. The Kier molecular flexibility index (Phi) is 7.20. The lowest BCUT2D eigenvalue weighted by Gasteiger charge is -2.29. The van der Waals surface area contributed by atoms with Gasteiger partial charge in [-0.2, -0.15) is 0 Å².